The summed E-state index contributed by atoms with van der Waals surface area (Å²) < 4.78 is 7.21. The van der Waals surface area contributed by atoms with Gasteiger partial charge in [-0.25, -0.2) is 4.68 Å². The van der Waals surface area contributed by atoms with Crippen LogP contribution in [0.4, 0.5) is 5.95 Å². The van der Waals surface area contributed by atoms with E-state index in [1.807, 2.05) is 12.1 Å². The van der Waals surface area contributed by atoms with Gasteiger partial charge < -0.3 is 10.5 Å². The van der Waals surface area contributed by atoms with Gasteiger partial charge in [-0.05, 0) is 18.2 Å². The smallest absolute Gasteiger partial charge is 0.221 e. The Balaban J connectivity index is 1.95. The van der Waals surface area contributed by atoms with Gasteiger partial charge in [-0.3, -0.25) is 4.98 Å². The van der Waals surface area contributed by atoms with Crippen LogP contribution in [0.25, 0.3) is 11.4 Å². The molecule has 0 fully saturated rings. The van der Waals surface area contributed by atoms with Gasteiger partial charge in [0, 0.05) is 32.6 Å². The van der Waals surface area contributed by atoms with E-state index in [0.717, 1.165) is 18.2 Å². The molecule has 0 aliphatic rings. The van der Waals surface area contributed by atoms with Crippen LogP contribution in [0, 0.1) is 0 Å². The van der Waals surface area contributed by atoms with Gasteiger partial charge >= 0.3 is 0 Å². The van der Waals surface area contributed by atoms with Gasteiger partial charge in [0.25, 0.3) is 0 Å². The van der Waals surface area contributed by atoms with Gasteiger partial charge in [-0.1, -0.05) is 19.6 Å². The second-order valence-corrected chi connectivity index (χ2v) is 11.5. The van der Waals surface area contributed by atoms with Crippen molar-refractivity contribution in [2.45, 2.75) is 32.4 Å². The number of hydrogen-bond donors (Lipinski definition) is 1. The third-order valence-corrected chi connectivity index (χ3v) is 4.55. The summed E-state index contributed by atoms with van der Waals surface area (Å²) in [6.45, 7) is 8.04. The van der Waals surface area contributed by atoms with Gasteiger partial charge in [0.15, 0.2) is 5.82 Å². The molecule has 0 aliphatic carbocycles. The molecule has 0 amide bonds. The fourth-order valence-electron chi connectivity index (χ4n) is 1.60. The lowest BCUT2D eigenvalue weighted by Crippen LogP contribution is -2.22. The van der Waals surface area contributed by atoms with E-state index < -0.39 is 8.07 Å². The van der Waals surface area contributed by atoms with Crippen LogP contribution in [-0.2, 0) is 11.5 Å². The molecule has 0 spiro atoms. The van der Waals surface area contributed by atoms with Crippen LogP contribution in [0.5, 0.6) is 0 Å². The van der Waals surface area contributed by atoms with Crippen molar-refractivity contribution in [1.82, 2.24) is 19.7 Å². The van der Waals surface area contributed by atoms with Crippen LogP contribution < -0.4 is 5.73 Å². The molecule has 2 aromatic rings. The number of nitrogens with zero attached hydrogens (tertiary/aromatic N) is 4. The molecule has 0 bridgehead atoms. The molecule has 20 heavy (non-hydrogen) atoms. The predicted octanol–water partition coefficient (Wildman–Crippen LogP) is 2.23. The molecule has 0 saturated carbocycles. The molecule has 0 aliphatic heterocycles. The van der Waals surface area contributed by atoms with Crippen molar-refractivity contribution in [2.75, 3.05) is 12.3 Å². The summed E-state index contributed by atoms with van der Waals surface area (Å²) in [7, 11) is -1.06. The summed E-state index contributed by atoms with van der Waals surface area (Å²) in [4.78, 5) is 8.21. The maximum atomic E-state index is 5.85. The summed E-state index contributed by atoms with van der Waals surface area (Å²) in [6.07, 6.45) is 3.41. The second-order valence-electron chi connectivity index (χ2n) is 5.88. The highest BCUT2D eigenvalue weighted by molar-refractivity contribution is 6.76. The van der Waals surface area contributed by atoms with Gasteiger partial charge in [-0.2, -0.15) is 4.98 Å². The normalized spacial score (nSPS) is 11.8. The van der Waals surface area contributed by atoms with E-state index in [0.29, 0.717) is 18.5 Å². The van der Waals surface area contributed by atoms with Crippen molar-refractivity contribution in [1.29, 1.82) is 0 Å². The van der Waals surface area contributed by atoms with Gasteiger partial charge in [0.2, 0.25) is 5.95 Å². The Morgan fingerprint density at radius 2 is 1.95 bits per heavy atom. The van der Waals surface area contributed by atoms with Gasteiger partial charge in [-0.15, -0.1) is 5.10 Å². The third kappa shape index (κ3) is 4.14. The molecule has 0 saturated heterocycles. The molecule has 2 N–H and O–H groups in total. The molecule has 0 radical (unpaired) electrons. The summed E-state index contributed by atoms with van der Waals surface area (Å²) >= 11 is 0. The lowest BCUT2D eigenvalue weighted by atomic mass is 10.3. The number of nitrogens with two attached hydrogens (primary N) is 1. The van der Waals surface area contributed by atoms with Crippen LogP contribution >= 0.6 is 0 Å². The summed E-state index contributed by atoms with van der Waals surface area (Å²) in [6, 6.07) is 4.83. The van der Waals surface area contributed by atoms with E-state index in [2.05, 4.69) is 34.7 Å². The quantitative estimate of drug-likeness (QED) is 0.652. The van der Waals surface area contributed by atoms with Crippen molar-refractivity contribution < 1.29 is 4.74 Å². The molecule has 0 atom stereocenters. The topological polar surface area (TPSA) is 78.8 Å². The van der Waals surface area contributed by atoms with Crippen LogP contribution in [0.1, 0.15) is 0 Å². The van der Waals surface area contributed by atoms with Crippen LogP contribution in [0.2, 0.25) is 25.7 Å². The zero-order valence-electron chi connectivity index (χ0n) is 12.2. The van der Waals surface area contributed by atoms with E-state index in [-0.39, 0.29) is 0 Å². The minimum absolute atomic E-state index is 0.342. The summed E-state index contributed by atoms with van der Waals surface area (Å²) in [5, 5.41) is 4.35. The number of rotatable bonds is 6. The minimum atomic E-state index is -1.06. The number of nitrogen functional groups attached to an aromatic ring is 1. The number of pyridine rings is 1. The molecule has 108 valence electrons. The van der Waals surface area contributed by atoms with Crippen LogP contribution in [0.15, 0.2) is 24.5 Å². The Morgan fingerprint density at radius 1 is 1.25 bits per heavy atom. The first-order valence-corrected chi connectivity index (χ1v) is 10.3. The first-order chi connectivity index (χ1) is 9.46. The molecule has 2 heterocycles. The van der Waals surface area contributed by atoms with Crippen molar-refractivity contribution in [3.05, 3.63) is 24.5 Å². The lowest BCUT2D eigenvalue weighted by Gasteiger charge is -2.15. The van der Waals surface area contributed by atoms with E-state index >= 15 is 0 Å². The maximum absolute atomic E-state index is 5.85. The highest BCUT2D eigenvalue weighted by Gasteiger charge is 2.13. The zero-order valence-corrected chi connectivity index (χ0v) is 13.2. The molecule has 2 aromatic heterocycles. The Morgan fingerprint density at radius 3 is 2.60 bits per heavy atom. The Labute approximate surface area is 120 Å². The third-order valence-electron chi connectivity index (χ3n) is 2.85. The average molecular weight is 291 g/mol. The first-order valence-electron chi connectivity index (χ1n) is 6.64. The van der Waals surface area contributed by atoms with Crippen molar-refractivity contribution >= 4 is 14.0 Å². The SMILES string of the molecule is C[Si](C)(C)CCOCn1nc(-c2ccncc2)nc1N. The highest BCUT2D eigenvalue weighted by atomic mass is 28.3. The second kappa shape index (κ2) is 6.15. The Hall–Kier alpha value is -1.73. The largest absolute Gasteiger partial charge is 0.368 e. The number of aromatic nitrogens is 4. The van der Waals surface area contributed by atoms with Gasteiger partial charge in [0.1, 0.15) is 6.73 Å². The van der Waals surface area contributed by atoms with Crippen LogP contribution in [-0.4, -0.2) is 34.4 Å². The molecular formula is C13H21N5OSi. The first kappa shape index (κ1) is 14.7. The molecule has 2 rings (SSSR count). The average Bonchev–Trinajstić information content (AvgIpc) is 2.76. The monoisotopic (exact) mass is 291 g/mol. The summed E-state index contributed by atoms with van der Waals surface area (Å²) in [5.41, 5.74) is 6.75. The molecule has 0 unspecified atom stereocenters. The Kier molecular flexibility index (Phi) is 4.51. The number of anilines is 1. The number of hydrogen-bond acceptors (Lipinski definition) is 5. The van der Waals surface area contributed by atoms with Gasteiger partial charge in [0.05, 0.1) is 0 Å². The molecular weight excluding hydrogens is 270 g/mol. The van der Waals surface area contributed by atoms with E-state index in [9.17, 15) is 0 Å². The zero-order chi connectivity index (χ0) is 14.6. The molecule has 0 aromatic carbocycles. The van der Waals surface area contributed by atoms with Crippen LogP contribution in [0.3, 0.4) is 0 Å². The van der Waals surface area contributed by atoms with Crippen molar-refractivity contribution in [2.24, 2.45) is 0 Å². The minimum Gasteiger partial charge on any atom is -0.368 e. The van der Waals surface area contributed by atoms with Crippen molar-refractivity contribution in [3.63, 3.8) is 0 Å². The maximum Gasteiger partial charge on any atom is 0.221 e. The highest BCUT2D eigenvalue weighted by Crippen LogP contribution is 2.15. The lowest BCUT2D eigenvalue weighted by molar-refractivity contribution is 0.0802. The molecule has 6 nitrogen and oxygen atoms in total. The predicted molar refractivity (Wildman–Crippen MR) is 81.8 cm³/mol. The summed E-state index contributed by atoms with van der Waals surface area (Å²) in [5.74, 6) is 0.962. The van der Waals surface area contributed by atoms with Crippen molar-refractivity contribution in [3.8, 4) is 11.4 Å². The Bertz CT molecular complexity index is 550. The van der Waals surface area contributed by atoms with E-state index in [1.165, 1.54) is 0 Å². The fourth-order valence-corrected chi connectivity index (χ4v) is 2.36. The fraction of sp³-hybridized carbons (Fsp3) is 0.462. The molecule has 7 heteroatoms. The van der Waals surface area contributed by atoms with E-state index in [4.69, 9.17) is 10.5 Å². The number of ether oxygens (including phenoxy) is 1. The van der Waals surface area contributed by atoms with E-state index in [1.54, 1.807) is 17.1 Å². The standard InChI is InChI=1S/C13H21N5OSi/c1-20(2,3)9-8-19-10-18-13(14)16-12(17-18)11-4-6-15-7-5-11/h4-7H,8-10H2,1-3H3,(H2,14,16,17).